The zero-order valence-electron chi connectivity index (χ0n) is 15.1. The number of sulfone groups is 1. The van der Waals surface area contributed by atoms with Gasteiger partial charge < -0.3 is 9.47 Å². The number of nitrogens with zero attached hydrogens (tertiary/aromatic N) is 1. The molecule has 26 heavy (non-hydrogen) atoms. The summed E-state index contributed by atoms with van der Waals surface area (Å²) in [5.41, 5.74) is -0.780. The lowest BCUT2D eigenvalue weighted by Crippen LogP contribution is -2.44. The Hall–Kier alpha value is -1.80. The Morgan fingerprint density at radius 2 is 1.85 bits per heavy atom. The minimum atomic E-state index is -3.84. The first-order chi connectivity index (χ1) is 12.0. The number of rotatable bonds is 3. The maximum Gasteiger partial charge on any atom is 0.411 e. The van der Waals surface area contributed by atoms with Crippen LogP contribution >= 0.6 is 11.6 Å². The van der Waals surface area contributed by atoms with Gasteiger partial charge in [-0.05, 0) is 39.3 Å². The van der Waals surface area contributed by atoms with Crippen molar-refractivity contribution >= 4 is 33.5 Å². The van der Waals surface area contributed by atoms with Crippen LogP contribution in [0.5, 0.6) is 0 Å². The third-order valence-corrected chi connectivity index (χ3v) is 6.58. The van der Waals surface area contributed by atoms with Gasteiger partial charge in [-0.25, -0.2) is 18.0 Å². The summed E-state index contributed by atoms with van der Waals surface area (Å²) in [4.78, 5) is 25.6. The Bertz CT molecular complexity index is 802. The lowest BCUT2D eigenvalue weighted by atomic mass is 10.2. The Labute approximate surface area is 158 Å². The fourth-order valence-electron chi connectivity index (χ4n) is 2.76. The molecule has 1 heterocycles. The van der Waals surface area contributed by atoms with E-state index in [1.807, 2.05) is 0 Å². The highest BCUT2D eigenvalue weighted by Crippen LogP contribution is 2.32. The Morgan fingerprint density at radius 3 is 2.38 bits per heavy atom. The fourth-order valence-corrected chi connectivity index (χ4v) is 4.98. The summed E-state index contributed by atoms with van der Waals surface area (Å²) in [5.74, 6) is -0.687. The molecule has 0 saturated carbocycles. The van der Waals surface area contributed by atoms with E-state index < -0.39 is 38.8 Å². The lowest BCUT2D eigenvalue weighted by Gasteiger charge is -2.27. The average Bonchev–Trinajstić information content (AvgIpc) is 2.99. The molecule has 0 aromatic heterocycles. The molecule has 1 amide bonds. The number of amides is 1. The van der Waals surface area contributed by atoms with Crippen LogP contribution in [0.2, 0.25) is 5.02 Å². The number of esters is 1. The third-order valence-electron chi connectivity index (χ3n) is 3.95. The van der Waals surface area contributed by atoms with Crippen LogP contribution in [0.3, 0.4) is 0 Å². The van der Waals surface area contributed by atoms with Crippen molar-refractivity contribution in [3.05, 3.63) is 29.3 Å². The van der Waals surface area contributed by atoms with Gasteiger partial charge in [-0.2, -0.15) is 0 Å². The van der Waals surface area contributed by atoms with Gasteiger partial charge in [0.25, 0.3) is 0 Å². The smallest absolute Gasteiger partial charge is 0.411 e. The molecule has 1 aromatic carbocycles. The van der Waals surface area contributed by atoms with Gasteiger partial charge in [0.1, 0.15) is 11.6 Å². The number of carbonyl (C=O) groups is 2. The maximum absolute atomic E-state index is 12.9. The van der Waals surface area contributed by atoms with Crippen LogP contribution in [0.25, 0.3) is 0 Å². The van der Waals surface area contributed by atoms with Crippen LogP contribution in [0.4, 0.5) is 4.79 Å². The van der Waals surface area contributed by atoms with E-state index in [9.17, 15) is 18.0 Å². The zero-order valence-corrected chi connectivity index (χ0v) is 16.6. The SMILES string of the molecule is COC(=O)[C@@H]1C[C@H](S(=O)(=O)c2ccccc2Cl)CN1C(=O)OC(C)(C)C. The molecule has 2 rings (SSSR count). The largest absolute Gasteiger partial charge is 0.467 e. The summed E-state index contributed by atoms with van der Waals surface area (Å²) in [6, 6.07) is 5.04. The van der Waals surface area contributed by atoms with Crippen molar-refractivity contribution in [1.82, 2.24) is 4.90 Å². The van der Waals surface area contributed by atoms with Crippen molar-refractivity contribution in [2.24, 2.45) is 0 Å². The highest BCUT2D eigenvalue weighted by molar-refractivity contribution is 7.92. The number of carbonyl (C=O) groups excluding carboxylic acids is 2. The first-order valence-corrected chi connectivity index (χ1v) is 9.95. The average molecular weight is 404 g/mol. The van der Waals surface area contributed by atoms with Crippen LogP contribution in [0, 0.1) is 0 Å². The molecule has 9 heteroatoms. The van der Waals surface area contributed by atoms with Crippen molar-refractivity contribution in [3.8, 4) is 0 Å². The molecule has 0 unspecified atom stereocenters. The molecule has 0 radical (unpaired) electrons. The first kappa shape index (κ1) is 20.5. The summed E-state index contributed by atoms with van der Waals surface area (Å²) in [5, 5.41) is -0.892. The Balaban J connectivity index is 2.34. The molecule has 144 valence electrons. The van der Waals surface area contributed by atoms with Crippen LogP contribution in [-0.4, -0.2) is 55.9 Å². The predicted molar refractivity (Wildman–Crippen MR) is 95.8 cm³/mol. The molecule has 2 atom stereocenters. The van der Waals surface area contributed by atoms with Crippen molar-refractivity contribution in [2.45, 2.75) is 49.0 Å². The van der Waals surface area contributed by atoms with Gasteiger partial charge in [-0.3, -0.25) is 4.90 Å². The van der Waals surface area contributed by atoms with E-state index in [4.69, 9.17) is 21.1 Å². The number of halogens is 1. The number of ether oxygens (including phenoxy) is 2. The molecular weight excluding hydrogens is 382 g/mol. The lowest BCUT2D eigenvalue weighted by molar-refractivity contribution is -0.145. The van der Waals surface area contributed by atoms with Gasteiger partial charge in [0.2, 0.25) is 0 Å². The van der Waals surface area contributed by atoms with Crippen LogP contribution in [-0.2, 0) is 24.1 Å². The molecule has 0 aliphatic carbocycles. The number of hydrogen-bond donors (Lipinski definition) is 0. The second-order valence-corrected chi connectivity index (χ2v) is 9.61. The van der Waals surface area contributed by atoms with E-state index >= 15 is 0 Å². The monoisotopic (exact) mass is 403 g/mol. The quantitative estimate of drug-likeness (QED) is 0.720. The summed E-state index contributed by atoms with van der Waals surface area (Å²) in [6.07, 6.45) is -0.843. The number of likely N-dealkylation sites (tertiary alicyclic amines) is 1. The van der Waals surface area contributed by atoms with E-state index in [1.54, 1.807) is 32.9 Å². The molecule has 7 nitrogen and oxygen atoms in total. The second kappa shape index (κ2) is 7.44. The van der Waals surface area contributed by atoms with E-state index in [0.717, 1.165) is 4.90 Å². The van der Waals surface area contributed by atoms with Crippen LogP contribution in [0.1, 0.15) is 27.2 Å². The molecule has 1 aliphatic heterocycles. The van der Waals surface area contributed by atoms with Crippen LogP contribution < -0.4 is 0 Å². The van der Waals surface area contributed by atoms with E-state index in [-0.39, 0.29) is 22.9 Å². The van der Waals surface area contributed by atoms with E-state index in [0.29, 0.717) is 0 Å². The molecule has 1 saturated heterocycles. The molecule has 0 spiro atoms. The molecule has 1 aromatic rings. The second-order valence-electron chi connectivity index (χ2n) is 7.00. The third kappa shape index (κ3) is 4.29. The summed E-state index contributed by atoms with van der Waals surface area (Å²) < 4.78 is 35.9. The van der Waals surface area contributed by atoms with Crippen molar-refractivity contribution < 1.29 is 27.5 Å². The van der Waals surface area contributed by atoms with Gasteiger partial charge in [0, 0.05) is 6.54 Å². The summed E-state index contributed by atoms with van der Waals surface area (Å²) in [6.45, 7) is 4.88. The van der Waals surface area contributed by atoms with Crippen molar-refractivity contribution in [1.29, 1.82) is 0 Å². The zero-order chi connectivity index (χ0) is 19.7. The van der Waals surface area contributed by atoms with Gasteiger partial charge in [-0.15, -0.1) is 0 Å². The maximum atomic E-state index is 12.9. The Kier molecular flexibility index (Phi) is 5.87. The summed E-state index contributed by atoms with van der Waals surface area (Å²) >= 11 is 6.02. The normalized spacial score (nSPS) is 20.7. The highest BCUT2D eigenvalue weighted by Gasteiger charge is 2.47. The molecule has 1 fully saturated rings. The standard InChI is InChI=1S/C17H22ClNO6S/c1-17(2,3)25-16(21)19-10-11(9-13(19)15(20)24-4)26(22,23)14-8-6-5-7-12(14)18/h5-8,11,13H,9-10H2,1-4H3/t11-,13-/m0/s1. The molecule has 1 aliphatic rings. The minimum absolute atomic E-state index is 0.0266. The first-order valence-electron chi connectivity index (χ1n) is 8.03. The number of methoxy groups -OCH3 is 1. The highest BCUT2D eigenvalue weighted by atomic mass is 35.5. The van der Waals surface area contributed by atoms with Crippen molar-refractivity contribution in [2.75, 3.05) is 13.7 Å². The predicted octanol–water partition coefficient (Wildman–Crippen LogP) is 2.66. The molecule has 0 N–H and O–H groups in total. The van der Waals surface area contributed by atoms with Crippen LogP contribution in [0.15, 0.2) is 29.2 Å². The number of hydrogen-bond acceptors (Lipinski definition) is 6. The van der Waals surface area contributed by atoms with Gasteiger partial charge >= 0.3 is 12.1 Å². The van der Waals surface area contributed by atoms with E-state index in [1.165, 1.54) is 19.2 Å². The molecule has 0 bridgehead atoms. The van der Waals surface area contributed by atoms with Crippen molar-refractivity contribution in [3.63, 3.8) is 0 Å². The Morgan fingerprint density at radius 1 is 1.23 bits per heavy atom. The fraction of sp³-hybridized carbons (Fsp3) is 0.529. The summed E-state index contributed by atoms with van der Waals surface area (Å²) in [7, 11) is -2.66. The topological polar surface area (TPSA) is 90.0 Å². The van der Waals surface area contributed by atoms with Gasteiger partial charge in [0.05, 0.1) is 22.3 Å². The molecular formula is C17H22ClNO6S. The minimum Gasteiger partial charge on any atom is -0.467 e. The van der Waals surface area contributed by atoms with Gasteiger partial charge in [0.15, 0.2) is 9.84 Å². The number of benzene rings is 1. The van der Waals surface area contributed by atoms with E-state index in [2.05, 4.69) is 0 Å². The van der Waals surface area contributed by atoms with Gasteiger partial charge in [-0.1, -0.05) is 23.7 Å².